The molecule has 1 aromatic rings. The zero-order chi connectivity index (χ0) is 14.1. The van der Waals surface area contributed by atoms with E-state index >= 15 is 0 Å². The monoisotopic (exact) mass is 276 g/mol. The van der Waals surface area contributed by atoms with Crippen LogP contribution in [0, 0.1) is 0 Å². The molecule has 0 aliphatic carbocycles. The number of rotatable bonds is 8. The molecule has 1 rings (SSSR count). The highest BCUT2D eigenvalue weighted by molar-refractivity contribution is 6.73. The molecule has 0 aromatic heterocycles. The van der Waals surface area contributed by atoms with Gasteiger partial charge < -0.3 is 4.43 Å². The van der Waals surface area contributed by atoms with Gasteiger partial charge in [-0.05, 0) is 30.1 Å². The van der Waals surface area contributed by atoms with Gasteiger partial charge in [0.05, 0.1) is 6.10 Å². The Hall–Kier alpha value is -0.863. The zero-order valence-electron chi connectivity index (χ0n) is 12.9. The van der Waals surface area contributed by atoms with Crippen molar-refractivity contribution >= 4 is 14.4 Å². The largest absolute Gasteiger partial charge is 0.411 e. The lowest BCUT2D eigenvalue weighted by Gasteiger charge is -2.31. The van der Waals surface area contributed by atoms with Crippen molar-refractivity contribution in [2.75, 3.05) is 0 Å². The molecular weight excluding hydrogens is 248 g/mol. The summed E-state index contributed by atoms with van der Waals surface area (Å²) in [5.41, 5.74) is 1.25. The van der Waals surface area contributed by atoms with Gasteiger partial charge in [-0.15, -0.1) is 0 Å². The molecule has 0 fully saturated rings. The lowest BCUT2D eigenvalue weighted by atomic mass is 10.2. The van der Waals surface area contributed by atoms with Crippen LogP contribution in [0.5, 0.6) is 0 Å². The van der Waals surface area contributed by atoms with Crippen LogP contribution in [0.1, 0.15) is 39.7 Å². The summed E-state index contributed by atoms with van der Waals surface area (Å²) in [5, 5.41) is 0. The second kappa shape index (κ2) is 8.34. The van der Waals surface area contributed by atoms with Crippen LogP contribution in [0.2, 0.25) is 18.1 Å². The predicted octanol–water partition coefficient (Wildman–Crippen LogP) is 5.50. The topological polar surface area (TPSA) is 9.23 Å². The Balaban J connectivity index is 2.71. The molecule has 0 saturated carbocycles. The Labute approximate surface area is 119 Å². The third kappa shape index (κ3) is 4.96. The van der Waals surface area contributed by atoms with Gasteiger partial charge in [-0.25, -0.2) is 0 Å². The van der Waals surface area contributed by atoms with Crippen LogP contribution in [0.3, 0.4) is 0 Å². The summed E-state index contributed by atoms with van der Waals surface area (Å²) >= 11 is 0. The van der Waals surface area contributed by atoms with E-state index in [-0.39, 0.29) is 6.10 Å². The molecule has 19 heavy (non-hydrogen) atoms. The molecule has 0 amide bonds. The summed E-state index contributed by atoms with van der Waals surface area (Å²) in [7, 11) is -1.49. The molecule has 0 aliphatic heterocycles. The first kappa shape index (κ1) is 16.2. The van der Waals surface area contributed by atoms with Crippen LogP contribution >= 0.6 is 0 Å². The van der Waals surface area contributed by atoms with Crippen molar-refractivity contribution in [1.29, 1.82) is 0 Å². The maximum absolute atomic E-state index is 6.51. The first-order chi connectivity index (χ1) is 9.19. The predicted molar refractivity (Wildman–Crippen MR) is 87.8 cm³/mol. The number of benzene rings is 1. The highest BCUT2D eigenvalue weighted by Gasteiger charge is 2.30. The summed E-state index contributed by atoms with van der Waals surface area (Å²) in [6.45, 7) is 9.06. The second-order valence-corrected chi connectivity index (χ2v) is 9.80. The van der Waals surface area contributed by atoms with E-state index in [0.29, 0.717) is 0 Å². The molecule has 0 aliphatic rings. The molecule has 0 heterocycles. The lowest BCUT2D eigenvalue weighted by molar-refractivity contribution is 0.229. The Bertz CT molecular complexity index is 360. The van der Waals surface area contributed by atoms with Crippen molar-refractivity contribution in [1.82, 2.24) is 0 Å². The van der Waals surface area contributed by atoms with E-state index in [1.807, 2.05) is 6.07 Å². The molecular formula is C17H28OSi. The van der Waals surface area contributed by atoms with Gasteiger partial charge in [-0.2, -0.15) is 0 Å². The molecule has 1 aromatic carbocycles. The maximum Gasteiger partial charge on any atom is 0.192 e. The molecule has 0 N–H and O–H groups in total. The van der Waals surface area contributed by atoms with Crippen molar-refractivity contribution < 1.29 is 4.43 Å². The Kier molecular flexibility index (Phi) is 7.10. The van der Waals surface area contributed by atoms with Crippen molar-refractivity contribution in [2.45, 2.75) is 58.4 Å². The molecule has 0 spiro atoms. The van der Waals surface area contributed by atoms with Gasteiger partial charge in [0.25, 0.3) is 0 Å². The highest BCUT2D eigenvalue weighted by atomic mass is 28.4. The third-order valence-electron chi connectivity index (χ3n) is 4.04. The lowest BCUT2D eigenvalue weighted by Crippen LogP contribution is -2.39. The molecule has 1 atom stereocenters. The summed E-state index contributed by atoms with van der Waals surface area (Å²) in [4.78, 5) is 0. The van der Waals surface area contributed by atoms with Crippen molar-refractivity contribution in [3.8, 4) is 0 Å². The molecule has 0 saturated heterocycles. The van der Waals surface area contributed by atoms with Gasteiger partial charge in [0.1, 0.15) is 0 Å². The van der Waals surface area contributed by atoms with E-state index in [1.54, 1.807) is 0 Å². The average molecular weight is 276 g/mol. The van der Waals surface area contributed by atoms with Gasteiger partial charge >= 0.3 is 0 Å². The van der Waals surface area contributed by atoms with Crippen molar-refractivity contribution in [3.05, 3.63) is 42.0 Å². The van der Waals surface area contributed by atoms with Gasteiger partial charge in [0.2, 0.25) is 0 Å². The van der Waals surface area contributed by atoms with Gasteiger partial charge in [-0.1, -0.05) is 70.2 Å². The van der Waals surface area contributed by atoms with Crippen molar-refractivity contribution in [3.63, 3.8) is 0 Å². The van der Waals surface area contributed by atoms with E-state index < -0.39 is 8.32 Å². The number of hydrogen-bond acceptors (Lipinski definition) is 1. The molecule has 1 nitrogen and oxygen atoms in total. The fourth-order valence-corrected chi connectivity index (χ4v) is 5.25. The standard InChI is InChI=1S/C17H28OSi/c1-5-17(18-19(6-2,7-3)8-4)15-14-16-12-10-9-11-13-16/h9-15,17H,5-8H2,1-4H3/b15-14+. The van der Waals surface area contributed by atoms with Crippen LogP contribution in [-0.4, -0.2) is 14.4 Å². The van der Waals surface area contributed by atoms with E-state index in [4.69, 9.17) is 4.43 Å². The van der Waals surface area contributed by atoms with Gasteiger partial charge in [0.15, 0.2) is 8.32 Å². The summed E-state index contributed by atoms with van der Waals surface area (Å²) in [5.74, 6) is 0. The molecule has 1 unspecified atom stereocenters. The Morgan fingerprint density at radius 2 is 1.58 bits per heavy atom. The molecule has 0 radical (unpaired) electrons. The number of hydrogen-bond donors (Lipinski definition) is 0. The first-order valence-electron chi connectivity index (χ1n) is 7.60. The van der Waals surface area contributed by atoms with Crippen LogP contribution in [-0.2, 0) is 4.43 Å². The van der Waals surface area contributed by atoms with E-state index in [2.05, 4.69) is 64.1 Å². The van der Waals surface area contributed by atoms with Crippen LogP contribution in [0.4, 0.5) is 0 Å². The van der Waals surface area contributed by atoms with Gasteiger partial charge in [0, 0.05) is 0 Å². The maximum atomic E-state index is 6.51. The Morgan fingerprint density at radius 3 is 2.05 bits per heavy atom. The zero-order valence-corrected chi connectivity index (χ0v) is 13.9. The normalized spacial score (nSPS) is 13.9. The fraction of sp³-hybridized carbons (Fsp3) is 0.529. The quantitative estimate of drug-likeness (QED) is 0.570. The van der Waals surface area contributed by atoms with E-state index in [1.165, 1.54) is 23.7 Å². The molecule has 0 bridgehead atoms. The average Bonchev–Trinajstić information content (AvgIpc) is 2.49. The minimum absolute atomic E-state index is 0.270. The summed E-state index contributed by atoms with van der Waals surface area (Å²) in [6, 6.07) is 14.1. The second-order valence-electron chi connectivity index (χ2n) is 5.08. The molecule has 2 heteroatoms. The highest BCUT2D eigenvalue weighted by Crippen LogP contribution is 2.25. The molecule has 106 valence electrons. The van der Waals surface area contributed by atoms with Crippen LogP contribution in [0.25, 0.3) is 6.08 Å². The minimum atomic E-state index is -1.49. The SMILES string of the molecule is CCC(/C=C/c1ccccc1)O[Si](CC)(CC)CC. The van der Waals surface area contributed by atoms with Crippen LogP contribution in [0.15, 0.2) is 36.4 Å². The van der Waals surface area contributed by atoms with E-state index in [0.717, 1.165) is 6.42 Å². The van der Waals surface area contributed by atoms with E-state index in [9.17, 15) is 0 Å². The fourth-order valence-electron chi connectivity index (χ4n) is 2.36. The van der Waals surface area contributed by atoms with Gasteiger partial charge in [-0.3, -0.25) is 0 Å². The third-order valence-corrected chi connectivity index (χ3v) is 8.71. The Morgan fingerprint density at radius 1 is 1.00 bits per heavy atom. The van der Waals surface area contributed by atoms with Crippen LogP contribution < -0.4 is 0 Å². The smallest absolute Gasteiger partial charge is 0.192 e. The van der Waals surface area contributed by atoms with Crippen molar-refractivity contribution in [2.24, 2.45) is 0 Å². The summed E-state index contributed by atoms with van der Waals surface area (Å²) in [6.07, 6.45) is 5.75. The summed E-state index contributed by atoms with van der Waals surface area (Å²) < 4.78 is 6.51. The first-order valence-corrected chi connectivity index (χ1v) is 10.1. The minimum Gasteiger partial charge on any atom is -0.411 e.